The lowest BCUT2D eigenvalue weighted by Gasteiger charge is -2.10. The fourth-order valence-electron chi connectivity index (χ4n) is 1.88. The summed E-state index contributed by atoms with van der Waals surface area (Å²) in [5, 5.41) is 0. The van der Waals surface area contributed by atoms with Crippen LogP contribution >= 0.6 is 0 Å². The SMILES string of the molecule is CCCCCNS(=O)(=O)c1ccc(C(C)CC)cc1. The van der Waals surface area contributed by atoms with Crippen LogP contribution in [0.4, 0.5) is 0 Å². The van der Waals surface area contributed by atoms with Gasteiger partial charge in [-0.15, -0.1) is 0 Å². The molecule has 0 aliphatic carbocycles. The molecule has 1 atom stereocenters. The molecule has 1 aromatic carbocycles. The first kappa shape index (κ1) is 16.2. The molecule has 0 saturated carbocycles. The Kier molecular flexibility index (Phi) is 6.52. The fourth-order valence-corrected chi connectivity index (χ4v) is 2.95. The smallest absolute Gasteiger partial charge is 0.211 e. The van der Waals surface area contributed by atoms with E-state index in [9.17, 15) is 8.42 Å². The summed E-state index contributed by atoms with van der Waals surface area (Å²) in [5.74, 6) is 0.467. The average molecular weight is 283 g/mol. The van der Waals surface area contributed by atoms with Gasteiger partial charge in [-0.1, -0.05) is 45.7 Å². The van der Waals surface area contributed by atoms with E-state index in [1.165, 1.54) is 5.56 Å². The minimum atomic E-state index is -3.34. The van der Waals surface area contributed by atoms with E-state index in [1.54, 1.807) is 12.1 Å². The van der Waals surface area contributed by atoms with Crippen molar-refractivity contribution in [2.24, 2.45) is 0 Å². The van der Waals surface area contributed by atoms with Gasteiger partial charge >= 0.3 is 0 Å². The molecule has 0 aliphatic rings. The summed E-state index contributed by atoms with van der Waals surface area (Å²) >= 11 is 0. The minimum Gasteiger partial charge on any atom is -0.211 e. The Hall–Kier alpha value is -0.870. The summed E-state index contributed by atoms with van der Waals surface area (Å²) in [7, 11) is -3.34. The molecule has 0 radical (unpaired) electrons. The van der Waals surface area contributed by atoms with Crippen molar-refractivity contribution >= 4 is 10.0 Å². The van der Waals surface area contributed by atoms with E-state index in [0.717, 1.165) is 25.7 Å². The summed E-state index contributed by atoms with van der Waals surface area (Å²) in [4.78, 5) is 0.357. The third-order valence-electron chi connectivity index (χ3n) is 3.44. The summed E-state index contributed by atoms with van der Waals surface area (Å²) in [6.45, 7) is 6.89. The van der Waals surface area contributed by atoms with Crippen LogP contribution in [0.1, 0.15) is 57.9 Å². The molecule has 0 amide bonds. The van der Waals surface area contributed by atoms with Crippen LogP contribution in [0, 0.1) is 0 Å². The summed E-state index contributed by atoms with van der Waals surface area (Å²) < 4.78 is 26.7. The molecule has 0 heterocycles. The highest BCUT2D eigenvalue weighted by Gasteiger charge is 2.13. The molecule has 0 bridgehead atoms. The lowest BCUT2D eigenvalue weighted by Crippen LogP contribution is -2.24. The van der Waals surface area contributed by atoms with Crippen molar-refractivity contribution in [2.75, 3.05) is 6.54 Å². The van der Waals surface area contributed by atoms with Gasteiger partial charge in [-0.3, -0.25) is 0 Å². The molecular formula is C15H25NO2S. The largest absolute Gasteiger partial charge is 0.240 e. The standard InChI is InChI=1S/C15H25NO2S/c1-4-6-7-12-16-19(17,18)15-10-8-14(9-11-15)13(3)5-2/h8-11,13,16H,4-7,12H2,1-3H3. The van der Waals surface area contributed by atoms with Crippen LogP contribution in [0.5, 0.6) is 0 Å². The second-order valence-corrected chi connectivity index (χ2v) is 6.75. The van der Waals surface area contributed by atoms with Crippen molar-refractivity contribution in [3.8, 4) is 0 Å². The Morgan fingerprint density at radius 2 is 1.74 bits per heavy atom. The van der Waals surface area contributed by atoms with E-state index in [-0.39, 0.29) is 0 Å². The fraction of sp³-hybridized carbons (Fsp3) is 0.600. The van der Waals surface area contributed by atoms with E-state index in [2.05, 4.69) is 25.5 Å². The zero-order valence-corrected chi connectivity index (χ0v) is 13.0. The molecule has 0 spiro atoms. The molecule has 0 fully saturated rings. The van der Waals surface area contributed by atoms with Crippen LogP contribution < -0.4 is 4.72 Å². The van der Waals surface area contributed by atoms with E-state index in [1.807, 2.05) is 12.1 Å². The maximum Gasteiger partial charge on any atom is 0.240 e. The number of rotatable bonds is 8. The van der Waals surface area contributed by atoms with Gasteiger partial charge in [-0.05, 0) is 36.5 Å². The molecular weight excluding hydrogens is 258 g/mol. The third kappa shape index (κ3) is 4.96. The molecule has 1 unspecified atom stereocenters. The number of benzene rings is 1. The molecule has 3 nitrogen and oxygen atoms in total. The van der Waals surface area contributed by atoms with Crippen molar-refractivity contribution < 1.29 is 8.42 Å². The summed E-state index contributed by atoms with van der Waals surface area (Å²) in [6, 6.07) is 7.22. The molecule has 0 aromatic heterocycles. The predicted molar refractivity (Wildman–Crippen MR) is 79.9 cm³/mol. The van der Waals surface area contributed by atoms with Gasteiger partial charge in [0, 0.05) is 6.54 Å². The van der Waals surface area contributed by atoms with Gasteiger partial charge in [0.15, 0.2) is 0 Å². The molecule has 108 valence electrons. The average Bonchev–Trinajstić information content (AvgIpc) is 2.43. The molecule has 19 heavy (non-hydrogen) atoms. The first-order chi connectivity index (χ1) is 9.01. The molecule has 1 N–H and O–H groups in total. The third-order valence-corrected chi connectivity index (χ3v) is 4.92. The van der Waals surface area contributed by atoms with Crippen molar-refractivity contribution in [3.05, 3.63) is 29.8 Å². The maximum atomic E-state index is 12.0. The lowest BCUT2D eigenvalue weighted by atomic mass is 9.99. The molecule has 0 saturated heterocycles. The number of unbranched alkanes of at least 4 members (excludes halogenated alkanes) is 2. The quantitative estimate of drug-likeness (QED) is 0.740. The zero-order chi connectivity index (χ0) is 14.3. The Morgan fingerprint density at radius 3 is 2.26 bits per heavy atom. The normalized spacial score (nSPS) is 13.4. The highest BCUT2D eigenvalue weighted by Crippen LogP contribution is 2.20. The topological polar surface area (TPSA) is 46.2 Å². The molecule has 1 rings (SSSR count). The Labute approximate surface area is 117 Å². The number of sulfonamides is 1. The van der Waals surface area contributed by atoms with E-state index >= 15 is 0 Å². The van der Waals surface area contributed by atoms with Crippen LogP contribution in [0.25, 0.3) is 0 Å². The Bertz CT molecular complexity index is 465. The molecule has 1 aromatic rings. The highest BCUT2D eigenvalue weighted by atomic mass is 32.2. The summed E-state index contributed by atoms with van der Waals surface area (Å²) in [5.41, 5.74) is 1.19. The van der Waals surface area contributed by atoms with Gasteiger partial charge in [0.1, 0.15) is 0 Å². The molecule has 4 heteroatoms. The second kappa shape index (κ2) is 7.65. The van der Waals surface area contributed by atoms with Gasteiger partial charge in [-0.2, -0.15) is 0 Å². The van der Waals surface area contributed by atoms with E-state index < -0.39 is 10.0 Å². The first-order valence-corrected chi connectivity index (χ1v) is 8.59. The Balaban J connectivity index is 2.68. The van der Waals surface area contributed by atoms with E-state index in [4.69, 9.17) is 0 Å². The second-order valence-electron chi connectivity index (χ2n) is 4.98. The number of hydrogen-bond acceptors (Lipinski definition) is 2. The number of nitrogens with one attached hydrogen (secondary N) is 1. The van der Waals surface area contributed by atoms with Gasteiger partial charge in [0.2, 0.25) is 10.0 Å². The molecule has 0 aliphatic heterocycles. The zero-order valence-electron chi connectivity index (χ0n) is 12.1. The van der Waals surface area contributed by atoms with Gasteiger partial charge in [0.05, 0.1) is 4.90 Å². The summed E-state index contributed by atoms with van der Waals surface area (Å²) in [6.07, 6.45) is 4.09. The van der Waals surface area contributed by atoms with Crippen LogP contribution in [0.2, 0.25) is 0 Å². The Morgan fingerprint density at radius 1 is 1.11 bits per heavy atom. The van der Waals surface area contributed by atoms with Gasteiger partial charge in [-0.25, -0.2) is 13.1 Å². The highest BCUT2D eigenvalue weighted by molar-refractivity contribution is 7.89. The van der Waals surface area contributed by atoms with Gasteiger partial charge < -0.3 is 0 Å². The van der Waals surface area contributed by atoms with Gasteiger partial charge in [0.25, 0.3) is 0 Å². The first-order valence-electron chi connectivity index (χ1n) is 7.10. The van der Waals surface area contributed by atoms with E-state index in [0.29, 0.717) is 17.4 Å². The van der Waals surface area contributed by atoms with Crippen LogP contribution in [0.15, 0.2) is 29.2 Å². The van der Waals surface area contributed by atoms with Crippen LogP contribution in [0.3, 0.4) is 0 Å². The van der Waals surface area contributed by atoms with Crippen molar-refractivity contribution in [1.82, 2.24) is 4.72 Å². The minimum absolute atomic E-state index is 0.357. The number of hydrogen-bond donors (Lipinski definition) is 1. The van der Waals surface area contributed by atoms with Crippen LogP contribution in [-0.2, 0) is 10.0 Å². The lowest BCUT2D eigenvalue weighted by molar-refractivity contribution is 0.576. The van der Waals surface area contributed by atoms with Crippen molar-refractivity contribution in [1.29, 1.82) is 0 Å². The maximum absolute atomic E-state index is 12.0. The monoisotopic (exact) mass is 283 g/mol. The van der Waals surface area contributed by atoms with Crippen molar-refractivity contribution in [3.63, 3.8) is 0 Å². The predicted octanol–water partition coefficient (Wildman–Crippen LogP) is 3.67. The van der Waals surface area contributed by atoms with Crippen molar-refractivity contribution in [2.45, 2.75) is 57.3 Å². The van der Waals surface area contributed by atoms with Crippen LogP contribution in [-0.4, -0.2) is 15.0 Å².